The van der Waals surface area contributed by atoms with Gasteiger partial charge >= 0.3 is 0 Å². The molecule has 16 heavy (non-hydrogen) atoms. The van der Waals surface area contributed by atoms with Crippen LogP contribution in [-0.4, -0.2) is 6.54 Å². The molecule has 2 heteroatoms. The smallest absolute Gasteiger partial charge is 0.105 e. The lowest BCUT2D eigenvalue weighted by atomic mass is 9.90. The summed E-state index contributed by atoms with van der Waals surface area (Å²) >= 11 is 0. The van der Waals surface area contributed by atoms with Gasteiger partial charge in [0.15, 0.2) is 0 Å². The molecule has 1 aromatic heterocycles. The Morgan fingerprint density at radius 3 is 2.56 bits per heavy atom. The van der Waals surface area contributed by atoms with E-state index in [2.05, 4.69) is 32.2 Å². The fourth-order valence-corrected chi connectivity index (χ4v) is 2.65. The molecule has 1 N–H and O–H groups in total. The highest BCUT2D eigenvalue weighted by Crippen LogP contribution is 2.43. The fraction of sp³-hybridized carbons (Fsp3) is 0.714. The molecule has 0 spiro atoms. The van der Waals surface area contributed by atoms with Crippen molar-refractivity contribution in [3.8, 4) is 0 Å². The van der Waals surface area contributed by atoms with Gasteiger partial charge in [0.2, 0.25) is 0 Å². The molecule has 1 heterocycles. The lowest BCUT2D eigenvalue weighted by Gasteiger charge is -2.24. The van der Waals surface area contributed by atoms with Gasteiger partial charge in [-0.2, -0.15) is 0 Å². The van der Waals surface area contributed by atoms with Gasteiger partial charge in [-0.05, 0) is 51.1 Å². The Morgan fingerprint density at radius 1 is 1.44 bits per heavy atom. The van der Waals surface area contributed by atoms with Crippen LogP contribution in [0.4, 0.5) is 0 Å². The van der Waals surface area contributed by atoms with Gasteiger partial charge in [0.25, 0.3) is 0 Å². The van der Waals surface area contributed by atoms with Crippen LogP contribution in [0.25, 0.3) is 0 Å². The van der Waals surface area contributed by atoms with Crippen molar-refractivity contribution in [2.45, 2.75) is 46.6 Å². The minimum absolute atomic E-state index is 0.468. The zero-order valence-corrected chi connectivity index (χ0v) is 10.8. The van der Waals surface area contributed by atoms with Crippen LogP contribution >= 0.6 is 0 Å². The zero-order chi connectivity index (χ0) is 11.7. The second-order valence-corrected chi connectivity index (χ2v) is 5.10. The molecule has 2 rings (SSSR count). The van der Waals surface area contributed by atoms with E-state index >= 15 is 0 Å². The monoisotopic (exact) mass is 221 g/mol. The first-order valence-electron chi connectivity index (χ1n) is 6.43. The topological polar surface area (TPSA) is 25.2 Å². The van der Waals surface area contributed by atoms with Crippen molar-refractivity contribution in [3.63, 3.8) is 0 Å². The van der Waals surface area contributed by atoms with Crippen LogP contribution in [0.1, 0.15) is 49.8 Å². The van der Waals surface area contributed by atoms with E-state index in [1.807, 2.05) is 6.92 Å². The quantitative estimate of drug-likeness (QED) is 0.822. The summed E-state index contributed by atoms with van der Waals surface area (Å²) in [7, 11) is 0. The Hall–Kier alpha value is -0.760. The van der Waals surface area contributed by atoms with Crippen molar-refractivity contribution in [2.75, 3.05) is 6.54 Å². The summed E-state index contributed by atoms with van der Waals surface area (Å²) in [5.41, 5.74) is 1.36. The van der Waals surface area contributed by atoms with Crippen LogP contribution < -0.4 is 5.32 Å². The van der Waals surface area contributed by atoms with Gasteiger partial charge in [0.05, 0.1) is 0 Å². The van der Waals surface area contributed by atoms with E-state index in [4.69, 9.17) is 4.42 Å². The molecule has 0 saturated heterocycles. The van der Waals surface area contributed by atoms with E-state index in [1.165, 1.54) is 18.4 Å². The van der Waals surface area contributed by atoms with Crippen molar-refractivity contribution in [1.29, 1.82) is 0 Å². The average Bonchev–Trinajstić information content (AvgIpc) is 3.01. The first kappa shape index (κ1) is 11.7. The molecular formula is C14H23NO. The summed E-state index contributed by atoms with van der Waals surface area (Å²) in [5.74, 6) is 3.74. The van der Waals surface area contributed by atoms with Crippen LogP contribution in [0.3, 0.4) is 0 Å². The minimum Gasteiger partial charge on any atom is -0.466 e. The summed E-state index contributed by atoms with van der Waals surface area (Å²) < 4.78 is 5.65. The largest absolute Gasteiger partial charge is 0.466 e. The second-order valence-electron chi connectivity index (χ2n) is 5.10. The highest BCUT2D eigenvalue weighted by molar-refractivity contribution is 5.25. The van der Waals surface area contributed by atoms with E-state index in [0.717, 1.165) is 29.9 Å². The van der Waals surface area contributed by atoms with E-state index in [9.17, 15) is 0 Å². The number of furan rings is 1. The zero-order valence-electron chi connectivity index (χ0n) is 10.8. The van der Waals surface area contributed by atoms with Crippen molar-refractivity contribution < 1.29 is 4.42 Å². The molecule has 0 amide bonds. The number of hydrogen-bond donors (Lipinski definition) is 1. The standard InChI is InChI=1S/C14H23NO/c1-5-15-14(10(3)12-6-7-12)13-8-9(2)16-11(13)4/h8,10,12,14-15H,5-7H2,1-4H3. The molecule has 0 bridgehead atoms. The first-order chi connectivity index (χ1) is 7.63. The van der Waals surface area contributed by atoms with Gasteiger partial charge in [0, 0.05) is 11.6 Å². The van der Waals surface area contributed by atoms with E-state index in [-0.39, 0.29) is 0 Å². The predicted octanol–water partition coefficient (Wildman–Crippen LogP) is 3.59. The van der Waals surface area contributed by atoms with Crippen molar-refractivity contribution in [1.82, 2.24) is 5.32 Å². The summed E-state index contributed by atoms with van der Waals surface area (Å²) in [4.78, 5) is 0. The third-order valence-corrected chi connectivity index (χ3v) is 3.73. The lowest BCUT2D eigenvalue weighted by molar-refractivity contribution is 0.350. The van der Waals surface area contributed by atoms with Gasteiger partial charge in [0.1, 0.15) is 11.5 Å². The summed E-state index contributed by atoms with van der Waals surface area (Å²) in [6.07, 6.45) is 2.80. The SMILES string of the molecule is CCNC(c1cc(C)oc1C)C(C)C1CC1. The molecule has 90 valence electrons. The normalized spacial score (nSPS) is 19.8. The van der Waals surface area contributed by atoms with Crippen LogP contribution in [0.15, 0.2) is 10.5 Å². The maximum atomic E-state index is 5.65. The number of aryl methyl sites for hydroxylation is 2. The average molecular weight is 221 g/mol. The maximum Gasteiger partial charge on any atom is 0.105 e. The number of hydrogen-bond acceptors (Lipinski definition) is 2. The van der Waals surface area contributed by atoms with Gasteiger partial charge in [-0.3, -0.25) is 0 Å². The molecule has 1 aliphatic rings. The lowest BCUT2D eigenvalue weighted by Crippen LogP contribution is -2.28. The molecule has 1 fully saturated rings. The Labute approximate surface area is 98.4 Å². The van der Waals surface area contributed by atoms with Crippen molar-refractivity contribution >= 4 is 0 Å². The highest BCUT2D eigenvalue weighted by atomic mass is 16.3. The Bertz CT molecular complexity index is 352. The number of rotatable bonds is 5. The molecule has 2 atom stereocenters. The molecule has 1 aliphatic carbocycles. The molecule has 1 saturated carbocycles. The van der Waals surface area contributed by atoms with E-state index in [1.54, 1.807) is 0 Å². The van der Waals surface area contributed by atoms with Gasteiger partial charge in [-0.1, -0.05) is 13.8 Å². The van der Waals surface area contributed by atoms with Crippen LogP contribution in [0.2, 0.25) is 0 Å². The first-order valence-corrected chi connectivity index (χ1v) is 6.43. The third-order valence-electron chi connectivity index (χ3n) is 3.73. The molecule has 2 nitrogen and oxygen atoms in total. The van der Waals surface area contributed by atoms with Crippen molar-refractivity contribution in [3.05, 3.63) is 23.2 Å². The third kappa shape index (κ3) is 2.32. The summed E-state index contributed by atoms with van der Waals surface area (Å²) in [5, 5.41) is 3.61. The van der Waals surface area contributed by atoms with Gasteiger partial charge in [-0.15, -0.1) is 0 Å². The fourth-order valence-electron chi connectivity index (χ4n) is 2.65. The molecule has 0 aliphatic heterocycles. The van der Waals surface area contributed by atoms with Crippen LogP contribution in [0.5, 0.6) is 0 Å². The molecule has 0 aromatic carbocycles. The molecule has 2 unspecified atom stereocenters. The molecule has 0 radical (unpaired) electrons. The van der Waals surface area contributed by atoms with E-state index < -0.39 is 0 Å². The van der Waals surface area contributed by atoms with Gasteiger partial charge in [-0.25, -0.2) is 0 Å². The van der Waals surface area contributed by atoms with Gasteiger partial charge < -0.3 is 9.73 Å². The number of nitrogens with one attached hydrogen (secondary N) is 1. The Balaban J connectivity index is 2.20. The molecular weight excluding hydrogens is 198 g/mol. The summed E-state index contributed by atoms with van der Waals surface area (Å²) in [6, 6.07) is 2.66. The van der Waals surface area contributed by atoms with Crippen molar-refractivity contribution in [2.24, 2.45) is 11.8 Å². The van der Waals surface area contributed by atoms with Crippen LogP contribution in [0, 0.1) is 25.7 Å². The van der Waals surface area contributed by atoms with E-state index in [0.29, 0.717) is 6.04 Å². The minimum atomic E-state index is 0.468. The Kier molecular flexibility index (Phi) is 3.38. The molecule has 1 aromatic rings. The summed E-state index contributed by atoms with van der Waals surface area (Å²) in [6.45, 7) is 9.67. The second kappa shape index (κ2) is 4.62. The van der Waals surface area contributed by atoms with Crippen LogP contribution in [-0.2, 0) is 0 Å². The maximum absolute atomic E-state index is 5.65. The Morgan fingerprint density at radius 2 is 2.12 bits per heavy atom. The highest BCUT2D eigenvalue weighted by Gasteiger charge is 2.34. The predicted molar refractivity (Wildman–Crippen MR) is 66.5 cm³/mol.